The minimum atomic E-state index is -1.63. The number of rotatable bonds is 19. The number of hydrogen-bond acceptors (Lipinski definition) is 9. The summed E-state index contributed by atoms with van der Waals surface area (Å²) in [5.41, 5.74) is 21.5. The number of nitrogens with one attached hydrogen (secondary N) is 3. The summed E-state index contributed by atoms with van der Waals surface area (Å²) >= 11 is 1.43. The SMILES string of the molecule is CSCCC(NC(=O)C(N)CCCCN)C(=O)NC(CCC(N)=O)C(=O)NC(CC(N)=O)C(=O)O. The average molecular weight is 520 g/mol. The van der Waals surface area contributed by atoms with Gasteiger partial charge in [-0.3, -0.25) is 24.0 Å². The Kier molecular flexibility index (Phi) is 16.1. The lowest BCUT2D eigenvalue weighted by atomic mass is 10.1. The summed E-state index contributed by atoms with van der Waals surface area (Å²) in [6, 6.07) is -4.89. The van der Waals surface area contributed by atoms with Gasteiger partial charge in [-0.05, 0) is 44.2 Å². The van der Waals surface area contributed by atoms with Gasteiger partial charge in [-0.1, -0.05) is 6.42 Å². The van der Waals surface area contributed by atoms with Crippen molar-refractivity contribution in [3.63, 3.8) is 0 Å². The third-order valence-electron chi connectivity index (χ3n) is 4.88. The van der Waals surface area contributed by atoms with Gasteiger partial charge in [0, 0.05) is 6.42 Å². The highest BCUT2D eigenvalue weighted by Crippen LogP contribution is 2.06. The van der Waals surface area contributed by atoms with Gasteiger partial charge in [0.1, 0.15) is 18.1 Å². The summed E-state index contributed by atoms with van der Waals surface area (Å²) in [6.07, 6.45) is 2.53. The third kappa shape index (κ3) is 14.2. The van der Waals surface area contributed by atoms with E-state index in [0.717, 1.165) is 0 Å². The molecule has 5 amide bonds. The molecule has 0 aliphatic heterocycles. The predicted molar refractivity (Wildman–Crippen MR) is 130 cm³/mol. The molecule has 14 nitrogen and oxygen atoms in total. The topological polar surface area (TPSA) is 263 Å². The molecule has 0 aromatic rings. The first-order valence-electron chi connectivity index (χ1n) is 11.1. The lowest BCUT2D eigenvalue weighted by Crippen LogP contribution is -2.57. The summed E-state index contributed by atoms with van der Waals surface area (Å²) in [5, 5.41) is 16.3. The monoisotopic (exact) mass is 519 g/mol. The smallest absolute Gasteiger partial charge is 0.326 e. The minimum absolute atomic E-state index is 0.220. The zero-order valence-corrected chi connectivity index (χ0v) is 20.6. The van der Waals surface area contributed by atoms with Gasteiger partial charge in [0.2, 0.25) is 29.5 Å². The van der Waals surface area contributed by atoms with Crippen LogP contribution in [-0.2, 0) is 28.8 Å². The fourth-order valence-electron chi connectivity index (χ4n) is 2.92. The van der Waals surface area contributed by atoms with Crippen molar-refractivity contribution in [1.82, 2.24) is 16.0 Å². The molecule has 0 aromatic carbocycles. The van der Waals surface area contributed by atoms with Crippen molar-refractivity contribution in [3.05, 3.63) is 0 Å². The summed E-state index contributed by atoms with van der Waals surface area (Å²) in [5.74, 6) is -4.95. The summed E-state index contributed by atoms with van der Waals surface area (Å²) in [6.45, 7) is 0.462. The maximum atomic E-state index is 12.9. The number of carboxylic acid groups (broad SMARTS) is 1. The number of amides is 5. The lowest BCUT2D eigenvalue weighted by Gasteiger charge is -2.25. The third-order valence-corrected chi connectivity index (χ3v) is 5.53. The van der Waals surface area contributed by atoms with E-state index in [1.54, 1.807) is 0 Å². The van der Waals surface area contributed by atoms with Crippen molar-refractivity contribution in [3.8, 4) is 0 Å². The fourth-order valence-corrected chi connectivity index (χ4v) is 3.40. The second-order valence-electron chi connectivity index (χ2n) is 7.87. The highest BCUT2D eigenvalue weighted by Gasteiger charge is 2.30. The number of carboxylic acids is 1. The number of primary amides is 2. The van der Waals surface area contributed by atoms with Crippen molar-refractivity contribution in [2.75, 3.05) is 18.6 Å². The summed E-state index contributed by atoms with van der Waals surface area (Å²) in [4.78, 5) is 71.8. The van der Waals surface area contributed by atoms with Crippen LogP contribution in [0.25, 0.3) is 0 Å². The molecule has 35 heavy (non-hydrogen) atoms. The molecule has 0 saturated heterocycles. The molecule has 0 rings (SSSR count). The van der Waals surface area contributed by atoms with Crippen molar-refractivity contribution in [1.29, 1.82) is 0 Å². The van der Waals surface area contributed by atoms with Crippen LogP contribution in [0.2, 0.25) is 0 Å². The van der Waals surface area contributed by atoms with Gasteiger partial charge in [0.15, 0.2) is 0 Å². The molecule has 0 fully saturated rings. The molecular weight excluding hydrogens is 482 g/mol. The van der Waals surface area contributed by atoms with E-state index in [1.165, 1.54) is 11.8 Å². The normalized spacial score (nSPS) is 14.1. The van der Waals surface area contributed by atoms with Crippen LogP contribution in [0, 0.1) is 0 Å². The van der Waals surface area contributed by atoms with Gasteiger partial charge < -0.3 is 44.0 Å². The van der Waals surface area contributed by atoms with Gasteiger partial charge in [-0.2, -0.15) is 11.8 Å². The Morgan fingerprint density at radius 1 is 0.800 bits per heavy atom. The zero-order chi connectivity index (χ0) is 27.0. The maximum Gasteiger partial charge on any atom is 0.326 e. The van der Waals surface area contributed by atoms with Crippen LogP contribution in [0.4, 0.5) is 0 Å². The average Bonchev–Trinajstić information content (AvgIpc) is 2.77. The van der Waals surface area contributed by atoms with Crippen molar-refractivity contribution < 1.29 is 33.9 Å². The molecule has 0 spiro atoms. The Bertz CT molecular complexity index is 753. The van der Waals surface area contributed by atoms with Crippen molar-refractivity contribution >= 4 is 47.3 Å². The standard InChI is InChI=1S/C20H37N7O7S/c1-35-9-7-13(25-17(30)11(22)4-2-3-8-21)19(32)26-12(5-6-15(23)28)18(31)27-14(20(33)34)10-16(24)29/h11-14H,2-10,21-22H2,1H3,(H2,23,28)(H2,24,29)(H,25,30)(H,26,32)(H,27,31)(H,33,34). The number of hydrogen-bond donors (Lipinski definition) is 8. The highest BCUT2D eigenvalue weighted by atomic mass is 32.2. The van der Waals surface area contributed by atoms with Crippen LogP contribution >= 0.6 is 11.8 Å². The Morgan fingerprint density at radius 3 is 1.83 bits per heavy atom. The van der Waals surface area contributed by atoms with E-state index in [1.807, 2.05) is 6.26 Å². The minimum Gasteiger partial charge on any atom is -0.480 e. The lowest BCUT2D eigenvalue weighted by molar-refractivity contribution is -0.144. The number of carbonyl (C=O) groups is 6. The Morgan fingerprint density at radius 2 is 1.34 bits per heavy atom. The molecule has 0 aliphatic carbocycles. The van der Waals surface area contributed by atoms with E-state index in [-0.39, 0.29) is 19.3 Å². The van der Waals surface area contributed by atoms with Crippen LogP contribution in [0.3, 0.4) is 0 Å². The maximum absolute atomic E-state index is 12.9. The van der Waals surface area contributed by atoms with E-state index < -0.39 is 66.1 Å². The van der Waals surface area contributed by atoms with Crippen molar-refractivity contribution in [2.45, 2.75) is 69.1 Å². The molecule has 15 heteroatoms. The molecule has 12 N–H and O–H groups in total. The zero-order valence-electron chi connectivity index (χ0n) is 19.8. The molecule has 0 radical (unpaired) electrons. The molecule has 0 heterocycles. The van der Waals surface area contributed by atoms with Gasteiger partial charge >= 0.3 is 5.97 Å². The van der Waals surface area contributed by atoms with E-state index in [0.29, 0.717) is 31.6 Å². The molecule has 4 atom stereocenters. The van der Waals surface area contributed by atoms with Gasteiger partial charge in [0.05, 0.1) is 12.5 Å². The van der Waals surface area contributed by atoms with Crippen molar-refractivity contribution in [2.24, 2.45) is 22.9 Å². The van der Waals surface area contributed by atoms with E-state index in [2.05, 4.69) is 16.0 Å². The van der Waals surface area contributed by atoms with Gasteiger partial charge in [-0.25, -0.2) is 4.79 Å². The van der Waals surface area contributed by atoms with E-state index in [4.69, 9.17) is 22.9 Å². The van der Waals surface area contributed by atoms with Crippen LogP contribution in [-0.4, -0.2) is 83.3 Å². The first-order chi connectivity index (χ1) is 16.4. The van der Waals surface area contributed by atoms with E-state index >= 15 is 0 Å². The summed E-state index contributed by atoms with van der Waals surface area (Å²) in [7, 11) is 0. The fraction of sp³-hybridized carbons (Fsp3) is 0.700. The predicted octanol–water partition coefficient (Wildman–Crippen LogP) is -3.12. The number of thioether (sulfide) groups is 1. The quantitative estimate of drug-likeness (QED) is 0.0795. The number of carbonyl (C=O) groups excluding carboxylic acids is 5. The van der Waals surface area contributed by atoms with Gasteiger partial charge in [0.25, 0.3) is 0 Å². The molecule has 0 bridgehead atoms. The first kappa shape index (κ1) is 32.1. The van der Waals surface area contributed by atoms with E-state index in [9.17, 15) is 33.9 Å². The molecule has 4 unspecified atom stereocenters. The molecule has 200 valence electrons. The Hall–Kier alpha value is -2.91. The number of aliphatic carboxylic acids is 1. The Labute approximate surface area is 208 Å². The second-order valence-corrected chi connectivity index (χ2v) is 8.86. The highest BCUT2D eigenvalue weighted by molar-refractivity contribution is 7.98. The van der Waals surface area contributed by atoms with Crippen LogP contribution in [0.5, 0.6) is 0 Å². The largest absolute Gasteiger partial charge is 0.480 e. The molecular formula is C20H37N7O7S. The van der Waals surface area contributed by atoms with Crippen LogP contribution < -0.4 is 38.9 Å². The van der Waals surface area contributed by atoms with Crippen LogP contribution in [0.1, 0.15) is 44.9 Å². The van der Waals surface area contributed by atoms with Crippen LogP contribution in [0.15, 0.2) is 0 Å². The molecule has 0 aromatic heterocycles. The second kappa shape index (κ2) is 17.5. The van der Waals surface area contributed by atoms with Gasteiger partial charge in [-0.15, -0.1) is 0 Å². The number of nitrogens with two attached hydrogens (primary N) is 4. The first-order valence-corrected chi connectivity index (χ1v) is 12.5. The molecule has 0 saturated carbocycles. The Balaban J connectivity index is 5.48. The molecule has 0 aliphatic rings. The summed E-state index contributed by atoms with van der Waals surface area (Å²) < 4.78 is 0. The number of unbranched alkanes of at least 4 members (excludes halogenated alkanes) is 1.